The fourth-order valence-electron chi connectivity index (χ4n) is 1.55. The standard InChI is InChI=1S/C13H10Cl2N2O2/c14-10-5-8(16)6-11(15)12(10)17-13(19)7-2-1-3-9(18)4-7/h1-6,18H,16H2,(H,17,19). The van der Waals surface area contributed by atoms with E-state index in [0.717, 1.165) is 0 Å². The summed E-state index contributed by atoms with van der Waals surface area (Å²) in [5, 5.41) is 12.4. The molecule has 0 atom stereocenters. The number of nitrogens with one attached hydrogen (secondary N) is 1. The molecule has 0 aromatic heterocycles. The third-order valence-electron chi connectivity index (χ3n) is 2.41. The number of carbonyl (C=O) groups is 1. The molecule has 0 aliphatic rings. The van der Waals surface area contributed by atoms with Crippen LogP contribution in [0.3, 0.4) is 0 Å². The van der Waals surface area contributed by atoms with Crippen LogP contribution in [0.15, 0.2) is 36.4 Å². The maximum Gasteiger partial charge on any atom is 0.255 e. The molecule has 98 valence electrons. The Labute approximate surface area is 119 Å². The number of benzene rings is 2. The van der Waals surface area contributed by atoms with Gasteiger partial charge in [0.05, 0.1) is 15.7 Å². The van der Waals surface area contributed by atoms with Gasteiger partial charge in [-0.25, -0.2) is 0 Å². The summed E-state index contributed by atoms with van der Waals surface area (Å²) in [6, 6.07) is 8.93. The minimum atomic E-state index is -0.426. The zero-order chi connectivity index (χ0) is 14.0. The van der Waals surface area contributed by atoms with Crippen molar-refractivity contribution in [2.24, 2.45) is 0 Å². The molecule has 0 aliphatic heterocycles. The first-order valence-corrected chi connectivity index (χ1v) is 6.08. The van der Waals surface area contributed by atoms with Crippen molar-refractivity contribution in [3.05, 3.63) is 52.0 Å². The highest BCUT2D eigenvalue weighted by molar-refractivity contribution is 6.40. The summed E-state index contributed by atoms with van der Waals surface area (Å²) in [7, 11) is 0. The number of rotatable bonds is 2. The molecular formula is C13H10Cl2N2O2. The number of nitrogen functional groups attached to an aromatic ring is 1. The van der Waals surface area contributed by atoms with Crippen molar-refractivity contribution in [1.29, 1.82) is 0 Å². The number of hydrogen-bond acceptors (Lipinski definition) is 3. The van der Waals surface area contributed by atoms with E-state index in [9.17, 15) is 9.90 Å². The molecule has 4 nitrogen and oxygen atoms in total. The van der Waals surface area contributed by atoms with Crippen molar-refractivity contribution in [3.63, 3.8) is 0 Å². The highest BCUT2D eigenvalue weighted by Crippen LogP contribution is 2.33. The van der Waals surface area contributed by atoms with E-state index in [1.54, 1.807) is 12.1 Å². The molecule has 6 heteroatoms. The number of carbonyl (C=O) groups excluding carboxylic acids is 1. The lowest BCUT2D eigenvalue weighted by Gasteiger charge is -2.10. The fourth-order valence-corrected chi connectivity index (χ4v) is 2.14. The molecule has 0 saturated heterocycles. The lowest BCUT2D eigenvalue weighted by Crippen LogP contribution is -2.12. The van der Waals surface area contributed by atoms with Gasteiger partial charge in [-0.2, -0.15) is 0 Å². The minimum Gasteiger partial charge on any atom is -0.508 e. The summed E-state index contributed by atoms with van der Waals surface area (Å²) >= 11 is 11.9. The largest absolute Gasteiger partial charge is 0.508 e. The zero-order valence-corrected chi connectivity index (χ0v) is 11.2. The molecule has 0 radical (unpaired) electrons. The van der Waals surface area contributed by atoms with Crippen LogP contribution in [0.1, 0.15) is 10.4 Å². The second-order valence-electron chi connectivity index (χ2n) is 3.86. The molecule has 0 bridgehead atoms. The quantitative estimate of drug-likeness (QED) is 0.742. The van der Waals surface area contributed by atoms with Crippen LogP contribution in [-0.2, 0) is 0 Å². The Kier molecular flexibility index (Phi) is 3.83. The van der Waals surface area contributed by atoms with Gasteiger partial charge in [0.2, 0.25) is 0 Å². The number of amides is 1. The average molecular weight is 297 g/mol. The van der Waals surface area contributed by atoms with E-state index < -0.39 is 5.91 Å². The van der Waals surface area contributed by atoms with Crippen molar-refractivity contribution >= 4 is 40.5 Å². The normalized spacial score (nSPS) is 10.2. The molecule has 1 amide bonds. The van der Waals surface area contributed by atoms with Gasteiger partial charge in [0.1, 0.15) is 5.75 Å². The Morgan fingerprint density at radius 3 is 2.37 bits per heavy atom. The summed E-state index contributed by atoms with van der Waals surface area (Å²) in [6.07, 6.45) is 0. The predicted molar refractivity (Wildman–Crippen MR) is 76.9 cm³/mol. The van der Waals surface area contributed by atoms with Crippen LogP contribution >= 0.6 is 23.2 Å². The molecule has 0 unspecified atom stereocenters. The van der Waals surface area contributed by atoms with Gasteiger partial charge in [-0.3, -0.25) is 4.79 Å². The molecule has 0 spiro atoms. The first kappa shape index (κ1) is 13.5. The molecule has 2 rings (SSSR count). The summed E-state index contributed by atoms with van der Waals surface area (Å²) in [5.41, 5.74) is 6.56. The third-order valence-corrected chi connectivity index (χ3v) is 3.01. The van der Waals surface area contributed by atoms with E-state index in [1.165, 1.54) is 24.3 Å². The van der Waals surface area contributed by atoms with Gasteiger partial charge in [0.15, 0.2) is 0 Å². The minimum absolute atomic E-state index is 0.00199. The summed E-state index contributed by atoms with van der Waals surface area (Å²) in [4.78, 5) is 12.0. The van der Waals surface area contributed by atoms with Crippen LogP contribution in [-0.4, -0.2) is 11.0 Å². The molecule has 0 fully saturated rings. The summed E-state index contributed by atoms with van der Waals surface area (Å²) in [6.45, 7) is 0. The SMILES string of the molecule is Nc1cc(Cl)c(NC(=O)c2cccc(O)c2)c(Cl)c1. The second kappa shape index (κ2) is 5.38. The third kappa shape index (κ3) is 3.10. The highest BCUT2D eigenvalue weighted by Gasteiger charge is 2.12. The highest BCUT2D eigenvalue weighted by atomic mass is 35.5. The van der Waals surface area contributed by atoms with Crippen LogP contribution in [0.2, 0.25) is 10.0 Å². The molecule has 2 aromatic rings. The van der Waals surface area contributed by atoms with Gasteiger partial charge in [0, 0.05) is 11.3 Å². The van der Waals surface area contributed by atoms with Crippen molar-refractivity contribution in [3.8, 4) is 5.75 Å². The van der Waals surface area contributed by atoms with E-state index in [0.29, 0.717) is 11.3 Å². The number of aromatic hydroxyl groups is 1. The molecular weight excluding hydrogens is 287 g/mol. The van der Waals surface area contributed by atoms with Crippen LogP contribution < -0.4 is 11.1 Å². The van der Waals surface area contributed by atoms with Crippen molar-refractivity contribution in [2.75, 3.05) is 11.1 Å². The number of nitrogens with two attached hydrogens (primary N) is 1. The smallest absolute Gasteiger partial charge is 0.255 e. The molecule has 19 heavy (non-hydrogen) atoms. The maximum absolute atomic E-state index is 12.0. The Bertz CT molecular complexity index is 621. The molecule has 4 N–H and O–H groups in total. The van der Waals surface area contributed by atoms with Crippen molar-refractivity contribution in [2.45, 2.75) is 0 Å². The van der Waals surface area contributed by atoms with Crippen LogP contribution in [0.5, 0.6) is 5.75 Å². The Hall–Kier alpha value is -1.91. The molecule has 2 aromatic carbocycles. The lowest BCUT2D eigenvalue weighted by atomic mass is 10.2. The van der Waals surface area contributed by atoms with Gasteiger partial charge >= 0.3 is 0 Å². The fraction of sp³-hybridized carbons (Fsp3) is 0. The number of phenolic OH excluding ortho intramolecular Hbond substituents is 1. The second-order valence-corrected chi connectivity index (χ2v) is 4.68. The average Bonchev–Trinajstić information content (AvgIpc) is 2.33. The van der Waals surface area contributed by atoms with Crippen molar-refractivity contribution < 1.29 is 9.90 Å². The number of hydrogen-bond donors (Lipinski definition) is 3. The Morgan fingerprint density at radius 1 is 1.16 bits per heavy atom. The van der Waals surface area contributed by atoms with Gasteiger partial charge in [0.25, 0.3) is 5.91 Å². The van der Waals surface area contributed by atoms with Gasteiger partial charge in [-0.15, -0.1) is 0 Å². The van der Waals surface area contributed by atoms with E-state index in [-0.39, 0.29) is 21.5 Å². The van der Waals surface area contributed by atoms with Gasteiger partial charge in [-0.1, -0.05) is 29.3 Å². The summed E-state index contributed by atoms with van der Waals surface area (Å²) in [5.74, 6) is -0.424. The molecule has 0 saturated carbocycles. The first-order valence-electron chi connectivity index (χ1n) is 5.32. The summed E-state index contributed by atoms with van der Waals surface area (Å²) < 4.78 is 0. The van der Waals surface area contributed by atoms with Crippen LogP contribution in [0, 0.1) is 0 Å². The molecule has 0 aliphatic carbocycles. The van der Waals surface area contributed by atoms with E-state index in [4.69, 9.17) is 28.9 Å². The number of halogens is 2. The number of phenols is 1. The monoisotopic (exact) mass is 296 g/mol. The first-order chi connectivity index (χ1) is 8.97. The maximum atomic E-state index is 12.0. The predicted octanol–water partition coefficient (Wildman–Crippen LogP) is 3.53. The Morgan fingerprint density at radius 2 is 1.79 bits per heavy atom. The molecule has 0 heterocycles. The zero-order valence-electron chi connectivity index (χ0n) is 9.65. The number of anilines is 2. The Balaban J connectivity index is 2.29. The van der Waals surface area contributed by atoms with Crippen molar-refractivity contribution in [1.82, 2.24) is 0 Å². The van der Waals surface area contributed by atoms with Crippen LogP contribution in [0.25, 0.3) is 0 Å². The van der Waals surface area contributed by atoms with Gasteiger partial charge < -0.3 is 16.2 Å². The van der Waals surface area contributed by atoms with E-state index in [2.05, 4.69) is 5.32 Å². The van der Waals surface area contributed by atoms with Gasteiger partial charge in [-0.05, 0) is 30.3 Å². The topological polar surface area (TPSA) is 75.3 Å². The van der Waals surface area contributed by atoms with Crippen LogP contribution in [0.4, 0.5) is 11.4 Å². The lowest BCUT2D eigenvalue weighted by molar-refractivity contribution is 0.102. The van der Waals surface area contributed by atoms with E-state index >= 15 is 0 Å². The van der Waals surface area contributed by atoms with E-state index in [1.807, 2.05) is 0 Å².